The van der Waals surface area contributed by atoms with Gasteiger partial charge in [-0.15, -0.1) is 0 Å². The molecule has 0 aromatic heterocycles. The first kappa shape index (κ1) is 16.3. The molecule has 1 aromatic rings. The minimum atomic E-state index is 0.349. The molecule has 1 aliphatic heterocycles. The fraction of sp³-hybridized carbons (Fsp3) is 0.667. The number of piperazine rings is 1. The predicted molar refractivity (Wildman–Crippen MR) is 88.5 cm³/mol. The molecule has 3 unspecified atom stereocenters. The molecule has 1 fully saturated rings. The average Bonchev–Trinajstić information content (AvgIpc) is 2.49. The fourth-order valence-corrected chi connectivity index (χ4v) is 3.29. The van der Waals surface area contributed by atoms with E-state index < -0.39 is 0 Å². The van der Waals surface area contributed by atoms with Crippen LogP contribution < -0.4 is 5.32 Å². The number of aromatic hydroxyl groups is 1. The van der Waals surface area contributed by atoms with Gasteiger partial charge in [-0.1, -0.05) is 45.7 Å². The maximum absolute atomic E-state index is 9.43. The van der Waals surface area contributed by atoms with Crippen LogP contribution in [0.15, 0.2) is 24.3 Å². The molecule has 1 saturated heterocycles. The van der Waals surface area contributed by atoms with Gasteiger partial charge in [-0.2, -0.15) is 0 Å². The number of phenols is 1. The summed E-state index contributed by atoms with van der Waals surface area (Å²) in [5.41, 5.74) is 1.29. The molecular weight excluding hydrogens is 260 g/mol. The molecule has 0 aliphatic carbocycles. The number of rotatable bonds is 6. The lowest BCUT2D eigenvalue weighted by Crippen LogP contribution is -2.58. The summed E-state index contributed by atoms with van der Waals surface area (Å²) in [6.45, 7) is 10.1. The van der Waals surface area contributed by atoms with Crippen molar-refractivity contribution >= 4 is 0 Å². The smallest absolute Gasteiger partial charge is 0.115 e. The molecular formula is C18H30N2O. The van der Waals surface area contributed by atoms with E-state index in [0.29, 0.717) is 23.8 Å². The first-order chi connectivity index (χ1) is 10.1. The minimum Gasteiger partial charge on any atom is -0.508 e. The van der Waals surface area contributed by atoms with E-state index in [1.54, 1.807) is 12.1 Å². The maximum Gasteiger partial charge on any atom is 0.115 e. The van der Waals surface area contributed by atoms with Crippen LogP contribution in [-0.2, 0) is 6.54 Å². The maximum atomic E-state index is 9.43. The van der Waals surface area contributed by atoms with Crippen LogP contribution in [0, 0.1) is 5.92 Å². The van der Waals surface area contributed by atoms with Crippen LogP contribution in [0.1, 0.15) is 45.6 Å². The van der Waals surface area contributed by atoms with Gasteiger partial charge < -0.3 is 10.4 Å². The molecule has 1 aromatic carbocycles. The highest BCUT2D eigenvalue weighted by Crippen LogP contribution is 2.22. The molecule has 3 heteroatoms. The second-order valence-electron chi connectivity index (χ2n) is 6.44. The lowest BCUT2D eigenvalue weighted by molar-refractivity contribution is 0.0818. The Hall–Kier alpha value is -1.06. The van der Waals surface area contributed by atoms with E-state index in [-0.39, 0.29) is 0 Å². The number of hydrogen-bond acceptors (Lipinski definition) is 3. The van der Waals surface area contributed by atoms with Crippen LogP contribution in [-0.4, -0.2) is 35.2 Å². The molecule has 0 saturated carbocycles. The molecule has 118 valence electrons. The number of phenolic OH excluding ortho intramolecular Hbond substituents is 1. The highest BCUT2D eigenvalue weighted by atomic mass is 16.3. The summed E-state index contributed by atoms with van der Waals surface area (Å²) in [7, 11) is 0. The monoisotopic (exact) mass is 290 g/mol. The molecule has 0 spiro atoms. The van der Waals surface area contributed by atoms with Crippen molar-refractivity contribution < 1.29 is 5.11 Å². The summed E-state index contributed by atoms with van der Waals surface area (Å²) in [4.78, 5) is 2.64. The van der Waals surface area contributed by atoms with Crippen molar-refractivity contribution in [2.24, 2.45) is 5.92 Å². The van der Waals surface area contributed by atoms with Crippen molar-refractivity contribution in [1.82, 2.24) is 10.2 Å². The van der Waals surface area contributed by atoms with Gasteiger partial charge >= 0.3 is 0 Å². The molecule has 0 radical (unpaired) electrons. The molecule has 21 heavy (non-hydrogen) atoms. The molecule has 0 bridgehead atoms. The van der Waals surface area contributed by atoms with Crippen LogP contribution in [0.2, 0.25) is 0 Å². The van der Waals surface area contributed by atoms with Gasteiger partial charge in [0, 0.05) is 31.7 Å². The van der Waals surface area contributed by atoms with Crippen LogP contribution in [0.5, 0.6) is 5.75 Å². The second-order valence-corrected chi connectivity index (χ2v) is 6.44. The van der Waals surface area contributed by atoms with Crippen molar-refractivity contribution in [2.45, 2.75) is 58.7 Å². The van der Waals surface area contributed by atoms with Crippen LogP contribution in [0.25, 0.3) is 0 Å². The van der Waals surface area contributed by atoms with Gasteiger partial charge in [-0.25, -0.2) is 0 Å². The van der Waals surface area contributed by atoms with E-state index >= 15 is 0 Å². The Morgan fingerprint density at radius 2 is 2.00 bits per heavy atom. The zero-order valence-corrected chi connectivity index (χ0v) is 13.7. The van der Waals surface area contributed by atoms with Crippen LogP contribution in [0.4, 0.5) is 0 Å². The van der Waals surface area contributed by atoms with Crippen molar-refractivity contribution in [3.63, 3.8) is 0 Å². The molecule has 1 aliphatic rings. The van der Waals surface area contributed by atoms with E-state index in [1.807, 2.05) is 12.1 Å². The second kappa shape index (κ2) is 7.81. The molecule has 3 atom stereocenters. The third-order valence-corrected chi connectivity index (χ3v) is 4.80. The van der Waals surface area contributed by atoms with Gasteiger partial charge in [0.2, 0.25) is 0 Å². The topological polar surface area (TPSA) is 35.5 Å². The van der Waals surface area contributed by atoms with Crippen LogP contribution >= 0.6 is 0 Å². The van der Waals surface area contributed by atoms with Gasteiger partial charge in [0.1, 0.15) is 5.75 Å². The number of nitrogens with one attached hydrogen (secondary N) is 1. The zero-order valence-electron chi connectivity index (χ0n) is 13.7. The average molecular weight is 290 g/mol. The van der Waals surface area contributed by atoms with Gasteiger partial charge in [0.15, 0.2) is 0 Å². The first-order valence-corrected chi connectivity index (χ1v) is 8.39. The molecule has 3 nitrogen and oxygen atoms in total. The molecule has 0 amide bonds. The van der Waals surface area contributed by atoms with E-state index in [4.69, 9.17) is 0 Å². The van der Waals surface area contributed by atoms with Gasteiger partial charge in [0.25, 0.3) is 0 Å². The van der Waals surface area contributed by atoms with E-state index in [0.717, 1.165) is 19.6 Å². The standard InChI is InChI=1S/C18H30N2O/c1-4-6-16-13-20(18(11-19-16)14(3)5-2)12-15-7-9-17(21)10-8-15/h7-10,14,16,18-19,21H,4-6,11-13H2,1-3H3. The third-order valence-electron chi connectivity index (χ3n) is 4.80. The zero-order chi connectivity index (χ0) is 15.2. The van der Waals surface area contributed by atoms with Crippen molar-refractivity contribution in [3.8, 4) is 5.75 Å². The van der Waals surface area contributed by atoms with Crippen LogP contribution in [0.3, 0.4) is 0 Å². The predicted octanol–water partition coefficient (Wildman–Crippen LogP) is 3.38. The van der Waals surface area contributed by atoms with E-state index in [2.05, 4.69) is 31.0 Å². The summed E-state index contributed by atoms with van der Waals surface area (Å²) >= 11 is 0. The fourth-order valence-electron chi connectivity index (χ4n) is 3.29. The van der Waals surface area contributed by atoms with Crippen molar-refractivity contribution in [2.75, 3.05) is 13.1 Å². The third kappa shape index (κ3) is 4.45. The number of nitrogens with zero attached hydrogens (tertiary/aromatic N) is 1. The summed E-state index contributed by atoms with van der Waals surface area (Å²) in [6, 6.07) is 8.89. The summed E-state index contributed by atoms with van der Waals surface area (Å²) < 4.78 is 0. The summed E-state index contributed by atoms with van der Waals surface area (Å²) in [5.74, 6) is 1.05. The number of hydrogen-bond donors (Lipinski definition) is 2. The number of benzene rings is 1. The summed E-state index contributed by atoms with van der Waals surface area (Å²) in [6.07, 6.45) is 3.70. The van der Waals surface area contributed by atoms with Gasteiger partial charge in [0.05, 0.1) is 0 Å². The Kier molecular flexibility index (Phi) is 6.07. The highest BCUT2D eigenvalue weighted by Gasteiger charge is 2.30. The Balaban J connectivity index is 2.06. The SMILES string of the molecule is CCCC1CN(Cc2ccc(O)cc2)C(C(C)CC)CN1. The first-order valence-electron chi connectivity index (χ1n) is 8.39. The molecule has 1 heterocycles. The van der Waals surface area contributed by atoms with E-state index in [1.165, 1.54) is 24.8 Å². The van der Waals surface area contributed by atoms with Gasteiger partial charge in [-0.05, 0) is 30.0 Å². The normalized spacial score (nSPS) is 24.9. The lowest BCUT2D eigenvalue weighted by Gasteiger charge is -2.43. The highest BCUT2D eigenvalue weighted by molar-refractivity contribution is 5.26. The minimum absolute atomic E-state index is 0.349. The van der Waals surface area contributed by atoms with Crippen molar-refractivity contribution in [3.05, 3.63) is 29.8 Å². The molecule has 2 rings (SSSR count). The Morgan fingerprint density at radius 3 is 2.62 bits per heavy atom. The Morgan fingerprint density at radius 1 is 1.29 bits per heavy atom. The Labute approximate surface area is 129 Å². The largest absolute Gasteiger partial charge is 0.508 e. The molecule has 2 N–H and O–H groups in total. The quantitative estimate of drug-likeness (QED) is 0.843. The van der Waals surface area contributed by atoms with Crippen molar-refractivity contribution in [1.29, 1.82) is 0 Å². The summed E-state index contributed by atoms with van der Waals surface area (Å²) in [5, 5.41) is 13.2. The Bertz CT molecular complexity index is 418. The lowest BCUT2D eigenvalue weighted by atomic mass is 9.93. The van der Waals surface area contributed by atoms with E-state index in [9.17, 15) is 5.11 Å². The van der Waals surface area contributed by atoms with Gasteiger partial charge in [-0.3, -0.25) is 4.90 Å².